The van der Waals surface area contributed by atoms with Crippen LogP contribution in [0.4, 0.5) is 28.9 Å². The molecule has 0 aliphatic carbocycles. The van der Waals surface area contributed by atoms with Crippen molar-refractivity contribution in [2.24, 2.45) is 5.92 Å². The Bertz CT molecular complexity index is 1770. The molecule has 6 rings (SSSR count). The van der Waals surface area contributed by atoms with Crippen LogP contribution in [0.5, 0.6) is 0 Å². The summed E-state index contributed by atoms with van der Waals surface area (Å²) in [5, 5.41) is 1.51. The summed E-state index contributed by atoms with van der Waals surface area (Å²) in [6.07, 6.45) is -1.66. The van der Waals surface area contributed by atoms with Crippen molar-refractivity contribution in [3.05, 3.63) is 105 Å². The molecular formula is C28H18F4N4O4S2. The predicted octanol–water partition coefficient (Wildman–Crippen LogP) is 4.90. The number of nitrogens with zero attached hydrogens (tertiary/aromatic N) is 3. The summed E-state index contributed by atoms with van der Waals surface area (Å²) in [5.74, 6) is -4.22. The number of amides is 3. The highest BCUT2D eigenvalue weighted by Crippen LogP contribution is 2.53. The molecule has 3 atom stereocenters. The second kappa shape index (κ2) is 10.5. The van der Waals surface area contributed by atoms with Crippen LogP contribution in [0.3, 0.4) is 0 Å². The Morgan fingerprint density at radius 3 is 2.40 bits per heavy atom. The van der Waals surface area contributed by atoms with E-state index in [1.807, 2.05) is 0 Å². The summed E-state index contributed by atoms with van der Waals surface area (Å²) < 4.78 is 55.0. The van der Waals surface area contributed by atoms with Crippen molar-refractivity contribution in [3.8, 4) is 0 Å². The molecule has 3 amide bonds. The summed E-state index contributed by atoms with van der Waals surface area (Å²) in [5.41, 5.74) is -0.745. The fraction of sp³-hybridized carbons (Fsp3) is 0.179. The van der Waals surface area contributed by atoms with E-state index in [0.717, 1.165) is 56.8 Å². The molecule has 0 radical (unpaired) electrons. The molecule has 0 saturated carbocycles. The van der Waals surface area contributed by atoms with Gasteiger partial charge in [0.05, 0.1) is 27.9 Å². The molecule has 2 aromatic heterocycles. The number of para-hydroxylation sites is 1. The van der Waals surface area contributed by atoms with E-state index in [1.165, 1.54) is 36.7 Å². The highest BCUT2D eigenvalue weighted by Gasteiger charge is 2.57. The van der Waals surface area contributed by atoms with Gasteiger partial charge in [0, 0.05) is 23.2 Å². The topological polar surface area (TPSA) is 101 Å². The van der Waals surface area contributed by atoms with Gasteiger partial charge in [-0.3, -0.25) is 28.7 Å². The first kappa shape index (κ1) is 27.8. The smallest absolute Gasteiger partial charge is 0.324 e. The number of imide groups is 1. The molecule has 8 nitrogen and oxygen atoms in total. The van der Waals surface area contributed by atoms with E-state index in [1.54, 1.807) is 12.1 Å². The van der Waals surface area contributed by atoms with Crippen LogP contribution < -0.4 is 15.1 Å². The van der Waals surface area contributed by atoms with Gasteiger partial charge in [-0.05, 0) is 48.0 Å². The largest absolute Gasteiger partial charge is 0.418 e. The maximum absolute atomic E-state index is 13.8. The Labute approximate surface area is 243 Å². The molecule has 1 N–H and O–H groups in total. The lowest BCUT2D eigenvalue weighted by Crippen LogP contribution is -2.33. The maximum atomic E-state index is 13.8. The first-order valence-corrected chi connectivity index (χ1v) is 14.1. The summed E-state index contributed by atoms with van der Waals surface area (Å²) in [6.45, 7) is -0.620. The molecule has 2 aliphatic heterocycles. The number of aromatic nitrogens is 2. The molecule has 1 saturated heterocycles. The monoisotopic (exact) mass is 614 g/mol. The molecule has 0 spiro atoms. The first-order chi connectivity index (χ1) is 20.0. The molecule has 0 unspecified atom stereocenters. The summed E-state index contributed by atoms with van der Waals surface area (Å²) in [7, 11) is 0. The number of thiazole rings is 1. The predicted molar refractivity (Wildman–Crippen MR) is 147 cm³/mol. The van der Waals surface area contributed by atoms with Crippen LogP contribution in [-0.2, 0) is 27.1 Å². The molecule has 14 heteroatoms. The first-order valence-electron chi connectivity index (χ1n) is 12.4. The van der Waals surface area contributed by atoms with Crippen molar-refractivity contribution in [1.82, 2.24) is 9.55 Å². The van der Waals surface area contributed by atoms with Crippen LogP contribution in [-0.4, -0.2) is 32.5 Å². The molecular weight excluding hydrogens is 596 g/mol. The summed E-state index contributed by atoms with van der Waals surface area (Å²) in [4.78, 5) is 58.5. The number of pyridine rings is 1. The Hall–Kier alpha value is -4.30. The number of fused-ring (bicyclic) bond motifs is 2. The second-order valence-corrected chi connectivity index (χ2v) is 11.7. The number of hydrogen-bond acceptors (Lipinski definition) is 7. The molecule has 2 aliphatic rings. The zero-order valence-electron chi connectivity index (χ0n) is 21.2. The minimum atomic E-state index is -4.71. The molecule has 0 bridgehead atoms. The Morgan fingerprint density at radius 1 is 0.976 bits per heavy atom. The van der Waals surface area contributed by atoms with Crippen LogP contribution in [0.2, 0.25) is 0 Å². The van der Waals surface area contributed by atoms with Crippen LogP contribution in [0.15, 0.2) is 82.9 Å². The number of carbonyl (C=O) groups is 3. The van der Waals surface area contributed by atoms with Gasteiger partial charge in [0.25, 0.3) is 0 Å². The van der Waals surface area contributed by atoms with Gasteiger partial charge in [-0.1, -0.05) is 41.3 Å². The fourth-order valence-electron chi connectivity index (χ4n) is 5.19. The van der Waals surface area contributed by atoms with E-state index in [4.69, 9.17) is 0 Å². The standard InChI is InChI=1S/C28H18F4N4O4S2/c29-15-7-9-16(10-8-15)36-24(38)21-20(14-4-3-11-33-12-14)23-26(41-22(21)25(36)39)35(27(40)42-23)13-19(37)34-18-6-2-1-5-17(18)28(30,31)32/h1-12,20-22H,13H2,(H,34,37)/t20-,21-,22+/m0/s1. The Kier molecular flexibility index (Phi) is 6.97. The quantitative estimate of drug-likeness (QED) is 0.254. The van der Waals surface area contributed by atoms with Crippen molar-refractivity contribution >= 4 is 52.2 Å². The molecule has 2 aromatic carbocycles. The number of alkyl halides is 3. The zero-order valence-corrected chi connectivity index (χ0v) is 22.8. The van der Waals surface area contributed by atoms with E-state index < -0.39 is 69.5 Å². The lowest BCUT2D eigenvalue weighted by Gasteiger charge is -2.30. The van der Waals surface area contributed by atoms with E-state index in [9.17, 15) is 36.7 Å². The maximum Gasteiger partial charge on any atom is 0.418 e. The lowest BCUT2D eigenvalue weighted by atomic mass is 9.84. The van der Waals surface area contributed by atoms with E-state index >= 15 is 0 Å². The lowest BCUT2D eigenvalue weighted by molar-refractivity contribution is -0.137. The van der Waals surface area contributed by atoms with Crippen molar-refractivity contribution < 1.29 is 31.9 Å². The Balaban J connectivity index is 1.38. The van der Waals surface area contributed by atoms with Crippen LogP contribution in [0.1, 0.15) is 21.9 Å². The fourth-order valence-corrected chi connectivity index (χ4v) is 7.96. The summed E-state index contributed by atoms with van der Waals surface area (Å²) in [6, 6.07) is 12.7. The molecule has 4 heterocycles. The van der Waals surface area contributed by atoms with Gasteiger partial charge in [-0.25, -0.2) is 9.29 Å². The number of rotatable bonds is 5. The van der Waals surface area contributed by atoms with Crippen LogP contribution in [0.25, 0.3) is 0 Å². The van der Waals surface area contributed by atoms with Gasteiger partial charge in [-0.15, -0.1) is 0 Å². The van der Waals surface area contributed by atoms with Crippen molar-refractivity contribution in [2.75, 3.05) is 10.2 Å². The number of anilines is 2. The van der Waals surface area contributed by atoms with Gasteiger partial charge in [-0.2, -0.15) is 13.2 Å². The number of carbonyl (C=O) groups excluding carboxylic acids is 3. The van der Waals surface area contributed by atoms with Gasteiger partial charge < -0.3 is 5.32 Å². The normalized spacial score (nSPS) is 19.9. The summed E-state index contributed by atoms with van der Waals surface area (Å²) >= 11 is 1.74. The Morgan fingerprint density at radius 2 is 1.71 bits per heavy atom. The molecule has 4 aromatic rings. The highest BCUT2D eigenvalue weighted by atomic mass is 32.2. The molecule has 1 fully saturated rings. The van der Waals surface area contributed by atoms with E-state index in [0.29, 0.717) is 10.4 Å². The number of hydrogen-bond donors (Lipinski definition) is 1. The third kappa shape index (κ3) is 4.79. The number of benzene rings is 2. The van der Waals surface area contributed by atoms with Crippen LogP contribution >= 0.6 is 23.1 Å². The third-order valence-electron chi connectivity index (χ3n) is 6.99. The van der Waals surface area contributed by atoms with Crippen molar-refractivity contribution in [2.45, 2.75) is 28.9 Å². The minimum Gasteiger partial charge on any atom is -0.324 e. The van der Waals surface area contributed by atoms with Gasteiger partial charge in [0.2, 0.25) is 17.7 Å². The van der Waals surface area contributed by atoms with E-state index in [2.05, 4.69) is 10.3 Å². The average Bonchev–Trinajstić information content (AvgIpc) is 3.40. The van der Waals surface area contributed by atoms with Crippen molar-refractivity contribution in [3.63, 3.8) is 0 Å². The zero-order chi connectivity index (χ0) is 29.8. The highest BCUT2D eigenvalue weighted by molar-refractivity contribution is 8.00. The third-order valence-corrected chi connectivity index (χ3v) is 9.59. The van der Waals surface area contributed by atoms with Gasteiger partial charge in [0.1, 0.15) is 17.6 Å². The average molecular weight is 615 g/mol. The SMILES string of the molecule is O=C(Cn1c2c(sc1=O)[C@@H](c1cccnc1)[C@@H]1C(=O)N(c3ccc(F)cc3)C(=O)[C@@H]1S2)Nc1ccccc1C(F)(F)F. The second-order valence-electron chi connectivity index (χ2n) is 9.53. The van der Waals surface area contributed by atoms with Crippen LogP contribution in [0, 0.1) is 11.7 Å². The van der Waals surface area contributed by atoms with Gasteiger partial charge >= 0.3 is 11.0 Å². The van der Waals surface area contributed by atoms with E-state index in [-0.39, 0.29) is 10.7 Å². The number of thioether (sulfide) groups is 1. The van der Waals surface area contributed by atoms with Gasteiger partial charge in [0.15, 0.2) is 0 Å². The minimum absolute atomic E-state index is 0.190. The molecule has 42 heavy (non-hydrogen) atoms. The number of halogens is 4. The molecule has 214 valence electrons. The van der Waals surface area contributed by atoms with Crippen molar-refractivity contribution in [1.29, 1.82) is 0 Å². The number of nitrogens with one attached hydrogen (secondary N) is 1.